The van der Waals surface area contributed by atoms with Crippen molar-refractivity contribution < 1.29 is 9.53 Å². The highest BCUT2D eigenvalue weighted by molar-refractivity contribution is 5.74. The summed E-state index contributed by atoms with van der Waals surface area (Å²) in [6.45, 7) is 6.85. The van der Waals surface area contributed by atoms with Gasteiger partial charge in [0.25, 0.3) is 0 Å². The molecule has 2 amide bonds. The first-order valence-corrected chi connectivity index (χ1v) is 10.8. The minimum absolute atomic E-state index is 0.0154. The zero-order valence-electron chi connectivity index (χ0n) is 17.4. The molecule has 1 aliphatic heterocycles. The molecule has 1 aliphatic carbocycles. The van der Waals surface area contributed by atoms with Crippen LogP contribution in [0.3, 0.4) is 0 Å². The number of ether oxygens (including phenoxy) is 1. The minimum atomic E-state index is -0.0154. The van der Waals surface area contributed by atoms with Crippen LogP contribution in [0.25, 0.3) is 0 Å². The Morgan fingerprint density at radius 2 is 2.17 bits per heavy atom. The number of piperidine rings is 1. The van der Waals surface area contributed by atoms with Crippen molar-refractivity contribution in [3.8, 4) is 5.75 Å². The second-order valence-electron chi connectivity index (χ2n) is 8.23. The van der Waals surface area contributed by atoms with E-state index in [2.05, 4.69) is 34.3 Å². The maximum atomic E-state index is 12.7. The summed E-state index contributed by atoms with van der Waals surface area (Å²) in [6, 6.07) is 6.03. The fraction of sp³-hybridized carbons (Fsp3) is 0.591. The normalized spacial score (nSPS) is 19.2. The number of rotatable bonds is 7. The summed E-state index contributed by atoms with van der Waals surface area (Å²) >= 11 is 0. The van der Waals surface area contributed by atoms with Gasteiger partial charge in [-0.05, 0) is 62.3 Å². The van der Waals surface area contributed by atoms with Crippen LogP contribution in [0.5, 0.6) is 5.75 Å². The van der Waals surface area contributed by atoms with Crippen molar-refractivity contribution in [2.45, 2.75) is 64.3 Å². The standard InChI is InChI=1S/C22H31N5O2/c1-3-11-29-19-9-8-17(15(2)12-19)13-23-22(28)27-10-4-5-18(14-27)21-24-20(25-26-21)16-6-7-16/h8-9,12,16,18H,3-7,10-11,13-14H2,1-2H3,(H,23,28)(H,24,25,26). The van der Waals surface area contributed by atoms with Crippen LogP contribution in [0.1, 0.15) is 73.6 Å². The predicted octanol–water partition coefficient (Wildman–Crippen LogP) is 3.87. The number of carbonyl (C=O) groups is 1. The van der Waals surface area contributed by atoms with Gasteiger partial charge in [0.2, 0.25) is 0 Å². The average Bonchev–Trinajstić information content (AvgIpc) is 3.48. The van der Waals surface area contributed by atoms with Crippen LogP contribution in [0, 0.1) is 6.92 Å². The van der Waals surface area contributed by atoms with Crippen molar-refractivity contribution >= 4 is 6.03 Å². The van der Waals surface area contributed by atoms with Gasteiger partial charge in [0, 0.05) is 31.5 Å². The first-order valence-electron chi connectivity index (χ1n) is 10.8. The van der Waals surface area contributed by atoms with E-state index < -0.39 is 0 Å². The molecule has 7 nitrogen and oxygen atoms in total. The van der Waals surface area contributed by atoms with E-state index in [9.17, 15) is 4.79 Å². The van der Waals surface area contributed by atoms with Gasteiger partial charge in [-0.1, -0.05) is 13.0 Å². The number of nitrogens with one attached hydrogen (secondary N) is 2. The summed E-state index contributed by atoms with van der Waals surface area (Å²) in [7, 11) is 0. The van der Waals surface area contributed by atoms with E-state index in [1.165, 1.54) is 12.8 Å². The first-order chi connectivity index (χ1) is 14.1. The predicted molar refractivity (Wildman–Crippen MR) is 111 cm³/mol. The van der Waals surface area contributed by atoms with Crippen LogP contribution < -0.4 is 10.1 Å². The number of aryl methyl sites for hydroxylation is 1. The largest absolute Gasteiger partial charge is 0.494 e. The van der Waals surface area contributed by atoms with Gasteiger partial charge in [-0.2, -0.15) is 5.10 Å². The molecule has 0 spiro atoms. The van der Waals surface area contributed by atoms with Gasteiger partial charge in [-0.15, -0.1) is 0 Å². The van der Waals surface area contributed by atoms with E-state index >= 15 is 0 Å². The molecular weight excluding hydrogens is 366 g/mol. The summed E-state index contributed by atoms with van der Waals surface area (Å²) in [5.74, 6) is 3.55. The Kier molecular flexibility index (Phi) is 6.02. The van der Waals surface area contributed by atoms with E-state index in [0.717, 1.165) is 60.9 Å². The number of aromatic amines is 1. The van der Waals surface area contributed by atoms with E-state index in [-0.39, 0.29) is 11.9 Å². The van der Waals surface area contributed by atoms with Gasteiger partial charge < -0.3 is 15.0 Å². The summed E-state index contributed by atoms with van der Waals surface area (Å²) in [5.41, 5.74) is 2.24. The topological polar surface area (TPSA) is 83.1 Å². The van der Waals surface area contributed by atoms with E-state index in [1.807, 2.05) is 23.1 Å². The molecule has 1 unspecified atom stereocenters. The number of likely N-dealkylation sites (tertiary alicyclic amines) is 1. The van der Waals surface area contributed by atoms with Crippen molar-refractivity contribution in [2.24, 2.45) is 0 Å². The summed E-state index contributed by atoms with van der Waals surface area (Å²) in [4.78, 5) is 19.3. The molecule has 0 radical (unpaired) electrons. The number of benzene rings is 1. The average molecular weight is 398 g/mol. The molecule has 1 saturated heterocycles. The van der Waals surface area contributed by atoms with Crippen LogP contribution in [0.15, 0.2) is 18.2 Å². The lowest BCUT2D eigenvalue weighted by molar-refractivity contribution is 0.178. The molecule has 2 N–H and O–H groups in total. The molecular formula is C22H31N5O2. The maximum absolute atomic E-state index is 12.7. The number of amides is 2. The Morgan fingerprint density at radius 1 is 1.31 bits per heavy atom. The number of carbonyl (C=O) groups excluding carboxylic acids is 1. The van der Waals surface area contributed by atoms with Gasteiger partial charge in [-0.3, -0.25) is 5.10 Å². The zero-order chi connectivity index (χ0) is 20.2. The lowest BCUT2D eigenvalue weighted by atomic mass is 9.97. The summed E-state index contributed by atoms with van der Waals surface area (Å²) < 4.78 is 5.68. The monoisotopic (exact) mass is 397 g/mol. The Bertz CT molecular complexity index is 845. The molecule has 7 heteroatoms. The highest BCUT2D eigenvalue weighted by Crippen LogP contribution is 2.38. The van der Waals surface area contributed by atoms with E-state index in [4.69, 9.17) is 4.74 Å². The Labute approximate surface area is 172 Å². The van der Waals surface area contributed by atoms with Crippen LogP contribution >= 0.6 is 0 Å². The smallest absolute Gasteiger partial charge is 0.317 e. The van der Waals surface area contributed by atoms with Crippen molar-refractivity contribution in [3.05, 3.63) is 41.0 Å². The van der Waals surface area contributed by atoms with Crippen LogP contribution in [0.4, 0.5) is 4.79 Å². The van der Waals surface area contributed by atoms with Crippen LogP contribution in [-0.4, -0.2) is 45.8 Å². The van der Waals surface area contributed by atoms with Crippen molar-refractivity contribution in [3.63, 3.8) is 0 Å². The maximum Gasteiger partial charge on any atom is 0.317 e. The third-order valence-corrected chi connectivity index (χ3v) is 5.77. The number of hydrogen-bond donors (Lipinski definition) is 2. The lowest BCUT2D eigenvalue weighted by Crippen LogP contribution is -2.44. The fourth-order valence-electron chi connectivity index (χ4n) is 3.84. The first kappa shape index (κ1) is 19.7. The minimum Gasteiger partial charge on any atom is -0.494 e. The Morgan fingerprint density at radius 3 is 2.93 bits per heavy atom. The molecule has 1 atom stereocenters. The molecule has 1 saturated carbocycles. The second kappa shape index (κ2) is 8.84. The fourth-order valence-corrected chi connectivity index (χ4v) is 3.84. The van der Waals surface area contributed by atoms with Gasteiger partial charge in [0.1, 0.15) is 11.6 Å². The molecule has 4 rings (SSSR count). The van der Waals surface area contributed by atoms with Gasteiger partial charge >= 0.3 is 6.03 Å². The third kappa shape index (κ3) is 4.89. The Hall–Kier alpha value is -2.57. The molecule has 2 fully saturated rings. The van der Waals surface area contributed by atoms with Gasteiger partial charge in [0.15, 0.2) is 5.82 Å². The molecule has 2 aromatic rings. The van der Waals surface area contributed by atoms with Crippen LogP contribution in [0.2, 0.25) is 0 Å². The van der Waals surface area contributed by atoms with E-state index in [1.54, 1.807) is 0 Å². The highest BCUT2D eigenvalue weighted by atomic mass is 16.5. The number of H-pyrrole nitrogens is 1. The molecule has 0 bridgehead atoms. The highest BCUT2D eigenvalue weighted by Gasteiger charge is 2.31. The van der Waals surface area contributed by atoms with E-state index in [0.29, 0.717) is 19.0 Å². The summed E-state index contributed by atoms with van der Waals surface area (Å²) in [5, 5.41) is 10.6. The number of urea groups is 1. The van der Waals surface area contributed by atoms with Crippen molar-refractivity contribution in [1.82, 2.24) is 25.4 Å². The van der Waals surface area contributed by atoms with Crippen LogP contribution in [-0.2, 0) is 6.54 Å². The number of nitrogens with zero attached hydrogens (tertiary/aromatic N) is 3. The molecule has 2 aliphatic rings. The SMILES string of the molecule is CCCOc1ccc(CNC(=O)N2CCCC(c3n[nH]c(C4CC4)n3)C2)c(C)c1. The molecule has 2 heterocycles. The number of aromatic nitrogens is 3. The zero-order valence-corrected chi connectivity index (χ0v) is 17.4. The molecule has 156 valence electrons. The lowest BCUT2D eigenvalue weighted by Gasteiger charge is -2.31. The van der Waals surface area contributed by atoms with Gasteiger partial charge in [-0.25, -0.2) is 9.78 Å². The number of hydrogen-bond acceptors (Lipinski definition) is 4. The van der Waals surface area contributed by atoms with Crippen molar-refractivity contribution in [2.75, 3.05) is 19.7 Å². The quantitative estimate of drug-likeness (QED) is 0.743. The molecule has 1 aromatic carbocycles. The molecule has 29 heavy (non-hydrogen) atoms. The van der Waals surface area contributed by atoms with Crippen molar-refractivity contribution in [1.29, 1.82) is 0 Å². The Balaban J connectivity index is 1.31. The second-order valence-corrected chi connectivity index (χ2v) is 8.23. The summed E-state index contributed by atoms with van der Waals surface area (Å²) in [6.07, 6.45) is 5.42. The van der Waals surface area contributed by atoms with Gasteiger partial charge in [0.05, 0.1) is 6.61 Å². The third-order valence-electron chi connectivity index (χ3n) is 5.77. The molecule has 1 aromatic heterocycles.